The van der Waals surface area contributed by atoms with E-state index in [0.717, 1.165) is 0 Å². The Morgan fingerprint density at radius 2 is 1.51 bits per heavy atom. The smallest absolute Gasteiger partial charge is 0.416 e. The van der Waals surface area contributed by atoms with Crippen LogP contribution in [0.4, 0.5) is 31.1 Å². The minimum absolute atomic E-state index is 0.0516. The SMILES string of the molecule is C[C@@H](OC[C@]1(c2ccccc2)CC[C@@](N)(C#N)CN1C(=O)OCc1ccccc1)c1cc(C(F)(F)F)cc(C(F)(F)F)c1. The summed E-state index contributed by atoms with van der Waals surface area (Å²) in [6.45, 7) is 0.647. The van der Waals surface area contributed by atoms with E-state index in [9.17, 15) is 36.4 Å². The summed E-state index contributed by atoms with van der Waals surface area (Å²) in [6.07, 6.45) is -11.9. The third-order valence-electron chi connectivity index (χ3n) is 7.55. The highest BCUT2D eigenvalue weighted by atomic mass is 19.4. The van der Waals surface area contributed by atoms with Crippen LogP contribution in [0.5, 0.6) is 0 Å². The second kappa shape index (κ2) is 12.3. The molecule has 6 nitrogen and oxygen atoms in total. The van der Waals surface area contributed by atoms with Gasteiger partial charge in [-0.25, -0.2) is 4.79 Å². The molecule has 1 saturated heterocycles. The molecule has 1 fully saturated rings. The molecule has 0 spiro atoms. The van der Waals surface area contributed by atoms with Gasteiger partial charge in [-0.15, -0.1) is 0 Å². The van der Waals surface area contributed by atoms with Gasteiger partial charge in [-0.2, -0.15) is 31.6 Å². The lowest BCUT2D eigenvalue weighted by molar-refractivity contribution is -0.143. The van der Waals surface area contributed by atoms with Crippen molar-refractivity contribution in [1.82, 2.24) is 4.90 Å². The number of carbonyl (C=O) groups is 1. The fourth-order valence-electron chi connectivity index (χ4n) is 5.06. The van der Waals surface area contributed by atoms with Crippen molar-refractivity contribution in [2.45, 2.75) is 55.9 Å². The number of ether oxygens (including phenoxy) is 2. The monoisotopic (exact) mass is 605 g/mol. The zero-order valence-electron chi connectivity index (χ0n) is 23.1. The number of nitriles is 1. The van der Waals surface area contributed by atoms with Gasteiger partial charge in [-0.05, 0) is 54.7 Å². The van der Waals surface area contributed by atoms with Crippen LogP contribution in [0.25, 0.3) is 0 Å². The molecule has 0 unspecified atom stereocenters. The summed E-state index contributed by atoms with van der Waals surface area (Å²) >= 11 is 0. The Morgan fingerprint density at radius 1 is 0.953 bits per heavy atom. The van der Waals surface area contributed by atoms with Gasteiger partial charge in [-0.3, -0.25) is 4.90 Å². The van der Waals surface area contributed by atoms with E-state index in [4.69, 9.17) is 15.2 Å². The maximum Gasteiger partial charge on any atom is 0.416 e. The maximum absolute atomic E-state index is 13.6. The lowest BCUT2D eigenvalue weighted by Gasteiger charge is -2.50. The average Bonchev–Trinajstić information content (AvgIpc) is 2.99. The van der Waals surface area contributed by atoms with E-state index in [-0.39, 0.29) is 44.2 Å². The summed E-state index contributed by atoms with van der Waals surface area (Å²) in [5.41, 5.74) is 1.55. The Labute approximate surface area is 244 Å². The number of hydrogen-bond acceptors (Lipinski definition) is 5. The predicted molar refractivity (Wildman–Crippen MR) is 144 cm³/mol. The number of rotatable bonds is 7. The van der Waals surface area contributed by atoms with Crippen LogP contribution in [-0.2, 0) is 34.0 Å². The third-order valence-corrected chi connectivity index (χ3v) is 7.55. The molecule has 228 valence electrons. The first-order valence-electron chi connectivity index (χ1n) is 13.3. The summed E-state index contributed by atoms with van der Waals surface area (Å²) in [5, 5.41) is 9.78. The van der Waals surface area contributed by atoms with Crippen molar-refractivity contribution in [2.24, 2.45) is 5.73 Å². The van der Waals surface area contributed by atoms with Crippen LogP contribution in [-0.4, -0.2) is 29.7 Å². The number of nitrogens with two attached hydrogens (primary N) is 1. The Kier molecular flexibility index (Phi) is 9.08. The number of alkyl halides is 6. The van der Waals surface area contributed by atoms with Gasteiger partial charge in [0.2, 0.25) is 0 Å². The van der Waals surface area contributed by atoms with Gasteiger partial charge < -0.3 is 15.2 Å². The molecule has 3 atom stereocenters. The standard InChI is InChI=1S/C31H29F6N3O3/c1-21(23-14-25(30(32,33)34)16-26(15-23)31(35,36)37)43-20-29(24-10-6-3-7-11-24)13-12-28(39,18-38)19-40(29)27(41)42-17-22-8-4-2-5-9-22/h2-11,14-16,21H,12-13,17,19-20,39H2,1H3/t21-,28-,29+/m1/s1. The van der Waals surface area contributed by atoms with Crippen molar-refractivity contribution < 1.29 is 40.6 Å². The number of hydrogen-bond donors (Lipinski definition) is 1. The van der Waals surface area contributed by atoms with Crippen molar-refractivity contribution >= 4 is 6.09 Å². The van der Waals surface area contributed by atoms with Crippen LogP contribution in [0, 0.1) is 11.3 Å². The van der Waals surface area contributed by atoms with Crippen LogP contribution in [0.3, 0.4) is 0 Å². The van der Waals surface area contributed by atoms with Crippen LogP contribution in [0.2, 0.25) is 0 Å². The van der Waals surface area contributed by atoms with Gasteiger partial charge in [0.05, 0.1) is 42.0 Å². The minimum Gasteiger partial charge on any atom is -0.445 e. The Balaban J connectivity index is 1.70. The van der Waals surface area contributed by atoms with Gasteiger partial charge in [-0.1, -0.05) is 60.7 Å². The van der Waals surface area contributed by atoms with Crippen molar-refractivity contribution in [3.05, 3.63) is 107 Å². The average molecular weight is 606 g/mol. The first-order valence-corrected chi connectivity index (χ1v) is 13.3. The highest BCUT2D eigenvalue weighted by Gasteiger charge is 2.51. The molecule has 0 saturated carbocycles. The van der Waals surface area contributed by atoms with Gasteiger partial charge in [0.1, 0.15) is 12.1 Å². The van der Waals surface area contributed by atoms with E-state index in [1.165, 1.54) is 11.8 Å². The quantitative estimate of drug-likeness (QED) is 0.285. The summed E-state index contributed by atoms with van der Waals surface area (Å²) in [5.74, 6) is 0. The van der Waals surface area contributed by atoms with Crippen molar-refractivity contribution in [3.8, 4) is 6.07 Å². The van der Waals surface area contributed by atoms with E-state index in [2.05, 4.69) is 0 Å². The van der Waals surface area contributed by atoms with Crippen LogP contribution in [0.15, 0.2) is 78.9 Å². The molecule has 1 amide bonds. The highest BCUT2D eigenvalue weighted by molar-refractivity contribution is 5.70. The second-order valence-electron chi connectivity index (χ2n) is 10.6. The van der Waals surface area contributed by atoms with E-state index < -0.39 is 46.8 Å². The number of benzene rings is 3. The van der Waals surface area contributed by atoms with Crippen LogP contribution < -0.4 is 5.73 Å². The molecule has 4 rings (SSSR count). The lowest BCUT2D eigenvalue weighted by atomic mass is 9.75. The Bertz CT molecular complexity index is 1430. The highest BCUT2D eigenvalue weighted by Crippen LogP contribution is 2.43. The van der Waals surface area contributed by atoms with E-state index in [0.29, 0.717) is 23.3 Å². The topological polar surface area (TPSA) is 88.6 Å². The van der Waals surface area contributed by atoms with E-state index in [1.54, 1.807) is 60.7 Å². The molecule has 0 aromatic heterocycles. The molecule has 3 aromatic rings. The zero-order valence-corrected chi connectivity index (χ0v) is 23.1. The Hall–Kier alpha value is -4.08. The maximum atomic E-state index is 13.6. The lowest BCUT2D eigenvalue weighted by Crippen LogP contribution is -2.64. The largest absolute Gasteiger partial charge is 0.445 e. The first-order chi connectivity index (χ1) is 20.2. The minimum atomic E-state index is -5.02. The van der Waals surface area contributed by atoms with Crippen LogP contribution in [0.1, 0.15) is 53.7 Å². The number of piperidine rings is 1. The second-order valence-corrected chi connectivity index (χ2v) is 10.6. The van der Waals surface area contributed by atoms with E-state index in [1.807, 2.05) is 6.07 Å². The molecule has 0 aliphatic carbocycles. The fourth-order valence-corrected chi connectivity index (χ4v) is 5.06. The van der Waals surface area contributed by atoms with Gasteiger partial charge in [0, 0.05) is 0 Å². The number of halogens is 6. The third kappa shape index (κ3) is 7.29. The molecule has 1 aliphatic rings. The summed E-state index contributed by atoms with van der Waals surface area (Å²) in [6, 6.07) is 20.8. The normalized spacial score (nSPS) is 21.6. The molecular weight excluding hydrogens is 576 g/mol. The van der Waals surface area contributed by atoms with Crippen molar-refractivity contribution in [3.63, 3.8) is 0 Å². The van der Waals surface area contributed by atoms with Crippen molar-refractivity contribution in [2.75, 3.05) is 13.2 Å². The van der Waals surface area contributed by atoms with Crippen molar-refractivity contribution in [1.29, 1.82) is 5.26 Å². The molecule has 0 bridgehead atoms. The Morgan fingerprint density at radius 3 is 2.05 bits per heavy atom. The summed E-state index contributed by atoms with van der Waals surface area (Å²) in [4.78, 5) is 14.9. The molecule has 1 heterocycles. The first kappa shape index (κ1) is 31.8. The summed E-state index contributed by atoms with van der Waals surface area (Å²) in [7, 11) is 0. The predicted octanol–water partition coefficient (Wildman–Crippen LogP) is 7.35. The molecule has 12 heteroatoms. The molecule has 0 radical (unpaired) electrons. The zero-order chi connectivity index (χ0) is 31.5. The van der Waals surface area contributed by atoms with Gasteiger partial charge >= 0.3 is 18.4 Å². The summed E-state index contributed by atoms with van der Waals surface area (Å²) < 4.78 is 92.6. The molecular formula is C31H29F6N3O3. The van der Waals surface area contributed by atoms with Gasteiger partial charge in [0.25, 0.3) is 0 Å². The van der Waals surface area contributed by atoms with Gasteiger partial charge in [0.15, 0.2) is 0 Å². The number of likely N-dealkylation sites (tertiary alicyclic amines) is 1. The number of nitrogens with zero attached hydrogens (tertiary/aromatic N) is 2. The van der Waals surface area contributed by atoms with Crippen LogP contribution >= 0.6 is 0 Å². The molecule has 1 aliphatic heterocycles. The van der Waals surface area contributed by atoms with E-state index >= 15 is 0 Å². The number of carbonyl (C=O) groups excluding carboxylic acids is 1. The number of amides is 1. The molecule has 2 N–H and O–H groups in total. The molecule has 3 aromatic carbocycles. The molecule has 43 heavy (non-hydrogen) atoms. The fraction of sp³-hybridized carbons (Fsp3) is 0.355.